The van der Waals surface area contributed by atoms with Gasteiger partial charge in [0.2, 0.25) is 0 Å². The number of halogens is 1. The second-order valence-corrected chi connectivity index (χ2v) is 6.38. The zero-order valence-electron chi connectivity index (χ0n) is 16.7. The average Bonchev–Trinajstić information content (AvgIpc) is 2.89. The fourth-order valence-electron chi connectivity index (χ4n) is 2.67. The molecule has 0 aliphatic heterocycles. The molecular formula is C17H35IN6O2. The maximum Gasteiger partial charge on any atom is 0.191 e. The molecule has 0 bridgehead atoms. The quantitative estimate of drug-likeness (QED) is 0.193. The first-order valence-electron chi connectivity index (χ1n) is 9.04. The van der Waals surface area contributed by atoms with Gasteiger partial charge in [-0.2, -0.15) is 0 Å². The summed E-state index contributed by atoms with van der Waals surface area (Å²) in [5.41, 5.74) is -0.714. The molecule has 0 atom stereocenters. The van der Waals surface area contributed by atoms with Gasteiger partial charge in [0.15, 0.2) is 11.8 Å². The Kier molecular flexibility index (Phi) is 12.8. The Balaban J connectivity index is 0.00000625. The van der Waals surface area contributed by atoms with Crippen LogP contribution >= 0.6 is 24.0 Å². The molecule has 1 aromatic heterocycles. The Morgan fingerprint density at radius 1 is 1.23 bits per heavy atom. The van der Waals surface area contributed by atoms with Crippen LogP contribution in [-0.4, -0.2) is 58.2 Å². The van der Waals surface area contributed by atoms with Gasteiger partial charge < -0.3 is 25.0 Å². The minimum absolute atomic E-state index is 0. The normalized spacial score (nSPS) is 12.0. The number of rotatable bonds is 11. The van der Waals surface area contributed by atoms with Gasteiger partial charge in [-0.3, -0.25) is 0 Å². The summed E-state index contributed by atoms with van der Waals surface area (Å²) >= 11 is 0. The molecule has 1 heterocycles. The molecule has 0 aliphatic carbocycles. The van der Waals surface area contributed by atoms with Gasteiger partial charge in [-0.25, -0.2) is 4.99 Å². The number of aromatic nitrogens is 3. The van der Waals surface area contributed by atoms with Crippen molar-refractivity contribution in [2.24, 2.45) is 12.0 Å². The molecule has 26 heavy (non-hydrogen) atoms. The summed E-state index contributed by atoms with van der Waals surface area (Å²) in [6, 6.07) is 0. The first-order valence-corrected chi connectivity index (χ1v) is 9.04. The van der Waals surface area contributed by atoms with Crippen LogP contribution in [0.2, 0.25) is 0 Å². The minimum Gasteiger partial charge on any atom is -0.388 e. The number of guanidine groups is 1. The summed E-state index contributed by atoms with van der Waals surface area (Å²) in [7, 11) is 3.59. The number of aryl methyl sites for hydroxylation is 1. The SMILES string of the molecule is CCCC(O)(CCC)CNC(=NCc1nnc(C)n1C)NCCOC.I. The highest BCUT2D eigenvalue weighted by atomic mass is 127. The molecule has 1 aromatic rings. The lowest BCUT2D eigenvalue weighted by atomic mass is 9.93. The van der Waals surface area contributed by atoms with Gasteiger partial charge in [-0.05, 0) is 19.8 Å². The molecule has 0 radical (unpaired) electrons. The lowest BCUT2D eigenvalue weighted by Gasteiger charge is -2.28. The number of hydrogen-bond acceptors (Lipinski definition) is 5. The molecule has 0 saturated carbocycles. The second kappa shape index (κ2) is 13.3. The van der Waals surface area contributed by atoms with Gasteiger partial charge in [-0.15, -0.1) is 34.2 Å². The summed E-state index contributed by atoms with van der Waals surface area (Å²) in [5.74, 6) is 2.29. The number of nitrogens with zero attached hydrogens (tertiary/aromatic N) is 4. The highest BCUT2D eigenvalue weighted by molar-refractivity contribution is 14.0. The van der Waals surface area contributed by atoms with Crippen LogP contribution in [0.25, 0.3) is 0 Å². The first kappa shape index (κ1) is 25.1. The van der Waals surface area contributed by atoms with Crippen LogP contribution in [0.15, 0.2) is 4.99 Å². The summed E-state index contributed by atoms with van der Waals surface area (Å²) in [5, 5.41) is 25.4. The third kappa shape index (κ3) is 8.63. The van der Waals surface area contributed by atoms with Gasteiger partial charge in [0.05, 0.1) is 12.2 Å². The number of aliphatic imine (C=N–C) groups is 1. The van der Waals surface area contributed by atoms with Crippen LogP contribution in [0.3, 0.4) is 0 Å². The number of ether oxygens (including phenoxy) is 1. The van der Waals surface area contributed by atoms with E-state index in [1.165, 1.54) is 0 Å². The van der Waals surface area contributed by atoms with E-state index in [0.29, 0.717) is 32.2 Å². The highest BCUT2D eigenvalue weighted by Crippen LogP contribution is 2.18. The summed E-state index contributed by atoms with van der Waals surface area (Å²) in [6.45, 7) is 8.18. The zero-order chi connectivity index (χ0) is 18.7. The van der Waals surface area contributed by atoms with E-state index in [-0.39, 0.29) is 24.0 Å². The molecule has 0 saturated heterocycles. The van der Waals surface area contributed by atoms with Crippen LogP contribution in [0.5, 0.6) is 0 Å². The third-order valence-electron chi connectivity index (χ3n) is 4.18. The van der Waals surface area contributed by atoms with Crippen molar-refractivity contribution in [1.29, 1.82) is 0 Å². The van der Waals surface area contributed by atoms with Gasteiger partial charge in [0, 0.05) is 27.2 Å². The van der Waals surface area contributed by atoms with Crippen molar-refractivity contribution in [1.82, 2.24) is 25.4 Å². The maximum absolute atomic E-state index is 10.8. The fourth-order valence-corrected chi connectivity index (χ4v) is 2.67. The molecule has 9 heteroatoms. The van der Waals surface area contributed by atoms with Crippen molar-refractivity contribution in [3.63, 3.8) is 0 Å². The number of aliphatic hydroxyl groups is 1. The van der Waals surface area contributed by atoms with Crippen LogP contribution in [0.1, 0.15) is 51.2 Å². The molecule has 152 valence electrons. The Hall–Kier alpha value is -0.940. The molecule has 1 rings (SSSR count). The largest absolute Gasteiger partial charge is 0.388 e. The van der Waals surface area contributed by atoms with Gasteiger partial charge >= 0.3 is 0 Å². The van der Waals surface area contributed by atoms with Gasteiger partial charge in [0.25, 0.3) is 0 Å². The van der Waals surface area contributed by atoms with Crippen molar-refractivity contribution in [3.8, 4) is 0 Å². The Morgan fingerprint density at radius 2 is 1.88 bits per heavy atom. The molecule has 3 N–H and O–H groups in total. The molecule has 0 aliphatic rings. The molecule has 0 fully saturated rings. The lowest BCUT2D eigenvalue weighted by Crippen LogP contribution is -2.47. The molecule has 0 amide bonds. The molecule has 0 aromatic carbocycles. The van der Waals surface area contributed by atoms with E-state index in [9.17, 15) is 5.11 Å². The molecule has 0 unspecified atom stereocenters. The van der Waals surface area contributed by atoms with Crippen molar-refractivity contribution in [3.05, 3.63) is 11.6 Å². The second-order valence-electron chi connectivity index (χ2n) is 6.38. The van der Waals surface area contributed by atoms with E-state index in [4.69, 9.17) is 4.74 Å². The topological polar surface area (TPSA) is 96.6 Å². The molecule has 8 nitrogen and oxygen atoms in total. The van der Waals surface area contributed by atoms with Crippen LogP contribution in [0, 0.1) is 6.92 Å². The van der Waals surface area contributed by atoms with Crippen LogP contribution < -0.4 is 10.6 Å². The summed E-state index contributed by atoms with van der Waals surface area (Å²) < 4.78 is 7.00. The van der Waals surface area contributed by atoms with Crippen molar-refractivity contribution >= 4 is 29.9 Å². The number of hydrogen-bond donors (Lipinski definition) is 3. The van der Waals surface area contributed by atoms with E-state index in [2.05, 4.69) is 39.7 Å². The van der Waals surface area contributed by atoms with Crippen LogP contribution in [0.4, 0.5) is 0 Å². The van der Waals surface area contributed by atoms with Crippen molar-refractivity contribution < 1.29 is 9.84 Å². The van der Waals surface area contributed by atoms with Crippen molar-refractivity contribution in [2.75, 3.05) is 26.8 Å². The molecular weight excluding hydrogens is 447 g/mol. The van der Waals surface area contributed by atoms with E-state index >= 15 is 0 Å². The zero-order valence-corrected chi connectivity index (χ0v) is 19.0. The van der Waals surface area contributed by atoms with Crippen molar-refractivity contribution in [2.45, 2.75) is 58.6 Å². The third-order valence-corrected chi connectivity index (χ3v) is 4.18. The Bertz CT molecular complexity index is 529. The van der Waals surface area contributed by atoms with E-state index < -0.39 is 5.60 Å². The monoisotopic (exact) mass is 482 g/mol. The smallest absolute Gasteiger partial charge is 0.191 e. The van der Waals surface area contributed by atoms with Crippen LogP contribution in [-0.2, 0) is 18.3 Å². The van der Waals surface area contributed by atoms with Gasteiger partial charge in [-0.1, -0.05) is 26.7 Å². The highest BCUT2D eigenvalue weighted by Gasteiger charge is 2.25. The maximum atomic E-state index is 10.8. The average molecular weight is 482 g/mol. The predicted molar refractivity (Wildman–Crippen MR) is 115 cm³/mol. The standard InChI is InChI=1S/C17H34N6O2.HI/c1-6-8-17(24,9-7-2)13-20-16(18-10-11-25-5)19-12-15-22-21-14(3)23(15)4;/h24H,6-13H2,1-5H3,(H2,18,19,20);1H. The van der Waals surface area contributed by atoms with Gasteiger partial charge in [0.1, 0.15) is 12.4 Å². The number of nitrogens with one attached hydrogen (secondary N) is 2. The lowest BCUT2D eigenvalue weighted by molar-refractivity contribution is 0.0257. The Morgan fingerprint density at radius 3 is 2.38 bits per heavy atom. The summed E-state index contributed by atoms with van der Waals surface area (Å²) in [6.07, 6.45) is 3.42. The number of methoxy groups -OCH3 is 1. The minimum atomic E-state index is -0.714. The fraction of sp³-hybridized carbons (Fsp3) is 0.824. The van der Waals surface area contributed by atoms with E-state index in [0.717, 1.165) is 37.3 Å². The summed E-state index contributed by atoms with van der Waals surface area (Å²) in [4.78, 5) is 4.57. The first-order chi connectivity index (χ1) is 12.0. The Labute approximate surface area is 174 Å². The molecule has 0 spiro atoms. The van der Waals surface area contributed by atoms with E-state index in [1.807, 2.05) is 18.5 Å². The predicted octanol–water partition coefficient (Wildman–Crippen LogP) is 1.75. The van der Waals surface area contributed by atoms with E-state index in [1.54, 1.807) is 7.11 Å².